The van der Waals surface area contributed by atoms with Crippen LogP contribution in [0.5, 0.6) is 0 Å². The van der Waals surface area contributed by atoms with Crippen molar-refractivity contribution in [2.75, 3.05) is 12.3 Å². The summed E-state index contributed by atoms with van der Waals surface area (Å²) in [5.41, 5.74) is 0. The van der Waals surface area contributed by atoms with E-state index in [4.69, 9.17) is 4.52 Å². The van der Waals surface area contributed by atoms with Gasteiger partial charge in [-0.2, -0.15) is 0 Å². The monoisotopic (exact) mass is 178 g/mol. The van der Waals surface area contributed by atoms with Gasteiger partial charge in [0.05, 0.1) is 0 Å². The lowest BCUT2D eigenvalue weighted by Crippen LogP contribution is -2.03. The van der Waals surface area contributed by atoms with E-state index in [1.54, 1.807) is 20.8 Å². The van der Waals surface area contributed by atoms with Gasteiger partial charge in [-0.1, -0.05) is 20.8 Å². The molecule has 0 atom stereocenters. The molecule has 0 N–H and O–H groups in total. The van der Waals surface area contributed by atoms with E-state index in [1.807, 2.05) is 0 Å². The second-order valence-electron chi connectivity index (χ2n) is 2.26. The zero-order chi connectivity index (χ0) is 8.91. The minimum atomic E-state index is -2.60. The molecule has 0 unspecified atom stereocenters. The molecule has 0 aromatic rings. The Morgan fingerprint density at radius 1 is 1.27 bits per heavy atom. The Morgan fingerprint density at radius 2 is 1.73 bits per heavy atom. The third-order valence-corrected chi connectivity index (χ3v) is 3.98. The fourth-order valence-corrected chi connectivity index (χ4v) is 1.81. The van der Waals surface area contributed by atoms with Crippen LogP contribution in [0.15, 0.2) is 0 Å². The zero-order valence-electron chi connectivity index (χ0n) is 7.29. The molecule has 66 valence electrons. The quantitative estimate of drug-likeness (QED) is 0.620. The van der Waals surface area contributed by atoms with Gasteiger partial charge in [0, 0.05) is 18.7 Å². The van der Waals surface area contributed by atoms with Crippen LogP contribution in [0.2, 0.25) is 0 Å². The summed E-state index contributed by atoms with van der Waals surface area (Å²) in [6.45, 7) is 5.23. The fourth-order valence-electron chi connectivity index (χ4n) is 0.603. The predicted molar refractivity (Wildman–Crippen MR) is 45.1 cm³/mol. The zero-order valence-corrected chi connectivity index (χ0v) is 8.19. The summed E-state index contributed by atoms with van der Waals surface area (Å²) in [5, 5.41) is 0. The third kappa shape index (κ3) is 3.57. The van der Waals surface area contributed by atoms with Gasteiger partial charge in [-0.15, -0.1) is 0 Å². The summed E-state index contributed by atoms with van der Waals surface area (Å²) < 4.78 is 16.3. The van der Waals surface area contributed by atoms with Gasteiger partial charge in [0.15, 0.2) is 0 Å². The first-order chi connectivity index (χ1) is 5.08. The van der Waals surface area contributed by atoms with Crippen LogP contribution in [0, 0.1) is 0 Å². The van der Waals surface area contributed by atoms with Crippen molar-refractivity contribution < 1.29 is 13.9 Å². The SMILES string of the molecule is CCC(=O)OP(=O)(CC)CC. The van der Waals surface area contributed by atoms with Crippen molar-refractivity contribution in [3.05, 3.63) is 0 Å². The normalized spacial score (nSPS) is 11.2. The van der Waals surface area contributed by atoms with Crippen molar-refractivity contribution >= 4 is 13.3 Å². The first-order valence-electron chi connectivity index (χ1n) is 3.88. The van der Waals surface area contributed by atoms with E-state index < -0.39 is 7.37 Å². The Morgan fingerprint density at radius 3 is 2.00 bits per heavy atom. The number of hydrogen-bond acceptors (Lipinski definition) is 3. The van der Waals surface area contributed by atoms with Crippen LogP contribution >= 0.6 is 7.37 Å². The molecule has 0 rings (SSSR count). The fraction of sp³-hybridized carbons (Fsp3) is 0.857. The highest BCUT2D eigenvalue weighted by Gasteiger charge is 2.20. The smallest absolute Gasteiger partial charge is 0.310 e. The van der Waals surface area contributed by atoms with Crippen LogP contribution in [0.4, 0.5) is 0 Å². The molecule has 0 saturated heterocycles. The van der Waals surface area contributed by atoms with Gasteiger partial charge in [0.25, 0.3) is 0 Å². The standard InChI is InChI=1S/C7H15O3P/c1-4-7(8)10-11(9,5-2)6-3/h4-6H2,1-3H3. The molecule has 0 saturated carbocycles. The molecule has 0 aliphatic carbocycles. The number of carbonyl (C=O) groups is 1. The van der Waals surface area contributed by atoms with Crippen LogP contribution in [-0.4, -0.2) is 18.3 Å². The van der Waals surface area contributed by atoms with Crippen LogP contribution < -0.4 is 0 Å². The van der Waals surface area contributed by atoms with E-state index in [9.17, 15) is 9.36 Å². The van der Waals surface area contributed by atoms with Crippen molar-refractivity contribution in [2.24, 2.45) is 0 Å². The molecule has 0 heterocycles. The van der Waals surface area contributed by atoms with E-state index >= 15 is 0 Å². The van der Waals surface area contributed by atoms with Crippen LogP contribution in [-0.2, 0) is 13.9 Å². The Bertz CT molecular complexity index is 169. The van der Waals surface area contributed by atoms with Crippen LogP contribution in [0.1, 0.15) is 27.2 Å². The lowest BCUT2D eigenvalue weighted by molar-refractivity contribution is -0.133. The molecule has 0 aliphatic rings. The van der Waals surface area contributed by atoms with Gasteiger partial charge in [0.1, 0.15) is 0 Å². The molecule has 0 amide bonds. The van der Waals surface area contributed by atoms with Crippen molar-refractivity contribution in [1.29, 1.82) is 0 Å². The molecule has 11 heavy (non-hydrogen) atoms. The first kappa shape index (κ1) is 10.7. The van der Waals surface area contributed by atoms with Gasteiger partial charge in [-0.25, -0.2) is 0 Å². The van der Waals surface area contributed by atoms with Gasteiger partial charge >= 0.3 is 5.97 Å². The second-order valence-corrected chi connectivity index (χ2v) is 5.34. The van der Waals surface area contributed by atoms with Crippen LogP contribution in [0.3, 0.4) is 0 Å². The maximum Gasteiger partial charge on any atom is 0.310 e. The molecule has 3 nitrogen and oxygen atoms in total. The summed E-state index contributed by atoms with van der Waals surface area (Å²) >= 11 is 0. The third-order valence-electron chi connectivity index (χ3n) is 1.52. The molecule has 0 spiro atoms. The highest BCUT2D eigenvalue weighted by Crippen LogP contribution is 2.45. The summed E-state index contributed by atoms with van der Waals surface area (Å²) in [6.07, 6.45) is 1.18. The molecule has 0 aliphatic heterocycles. The highest BCUT2D eigenvalue weighted by molar-refractivity contribution is 7.59. The van der Waals surface area contributed by atoms with E-state index in [1.165, 1.54) is 0 Å². The minimum Gasteiger partial charge on any atom is -0.412 e. The van der Waals surface area contributed by atoms with E-state index in [0.29, 0.717) is 18.7 Å². The molecular weight excluding hydrogens is 163 g/mol. The molecule has 0 aromatic carbocycles. The summed E-state index contributed by atoms with van der Waals surface area (Å²) in [7, 11) is -2.60. The van der Waals surface area contributed by atoms with Crippen LogP contribution in [0.25, 0.3) is 0 Å². The average Bonchev–Trinajstić information content (AvgIpc) is 2.04. The van der Waals surface area contributed by atoms with Gasteiger partial charge in [0.2, 0.25) is 7.37 Å². The van der Waals surface area contributed by atoms with Crippen molar-refractivity contribution in [2.45, 2.75) is 27.2 Å². The summed E-state index contributed by atoms with van der Waals surface area (Å²) in [5.74, 6) is -0.364. The molecule has 0 aromatic heterocycles. The largest absolute Gasteiger partial charge is 0.412 e. The maximum absolute atomic E-state index is 11.5. The minimum absolute atomic E-state index is 0.296. The molecule has 0 bridgehead atoms. The summed E-state index contributed by atoms with van der Waals surface area (Å²) in [6, 6.07) is 0. The first-order valence-corrected chi connectivity index (χ1v) is 5.88. The Kier molecular flexibility index (Phi) is 4.43. The van der Waals surface area contributed by atoms with E-state index in [2.05, 4.69) is 0 Å². The lowest BCUT2D eigenvalue weighted by Gasteiger charge is -2.13. The van der Waals surface area contributed by atoms with E-state index in [0.717, 1.165) is 0 Å². The van der Waals surface area contributed by atoms with Crippen molar-refractivity contribution in [3.8, 4) is 0 Å². The second kappa shape index (κ2) is 4.55. The molecular formula is C7H15O3P. The van der Waals surface area contributed by atoms with E-state index in [-0.39, 0.29) is 5.97 Å². The molecule has 0 fully saturated rings. The number of rotatable bonds is 4. The summed E-state index contributed by atoms with van der Waals surface area (Å²) in [4.78, 5) is 10.8. The number of hydrogen-bond donors (Lipinski definition) is 0. The Balaban J connectivity index is 4.09. The average molecular weight is 178 g/mol. The maximum atomic E-state index is 11.5. The number of carbonyl (C=O) groups excluding carboxylic acids is 1. The lowest BCUT2D eigenvalue weighted by atomic mass is 10.5. The highest BCUT2D eigenvalue weighted by atomic mass is 31.2. The molecule has 4 heteroatoms. The van der Waals surface area contributed by atoms with Crippen molar-refractivity contribution in [3.63, 3.8) is 0 Å². The Hall–Kier alpha value is -0.300. The van der Waals surface area contributed by atoms with Crippen molar-refractivity contribution in [1.82, 2.24) is 0 Å². The van der Waals surface area contributed by atoms with Gasteiger partial charge < -0.3 is 4.52 Å². The van der Waals surface area contributed by atoms with Gasteiger partial charge in [-0.05, 0) is 0 Å². The predicted octanol–water partition coefficient (Wildman–Crippen LogP) is 2.26. The Labute approximate surface area is 67.6 Å². The van der Waals surface area contributed by atoms with Gasteiger partial charge in [-0.3, -0.25) is 9.36 Å². The topological polar surface area (TPSA) is 43.4 Å². The molecule has 0 radical (unpaired) electrons.